The van der Waals surface area contributed by atoms with E-state index >= 15 is 0 Å². The minimum atomic E-state index is 0.0559. The minimum Gasteiger partial charge on any atom is -0.369 e. The lowest BCUT2D eigenvalue weighted by atomic mass is 10.1. The Balaban J connectivity index is 1.95. The Labute approximate surface area is 163 Å². The molecule has 1 amide bonds. The Morgan fingerprint density at radius 1 is 1.30 bits per heavy atom. The molecule has 1 fully saturated rings. The molecule has 0 bridgehead atoms. The van der Waals surface area contributed by atoms with Crippen LogP contribution in [0.4, 0.5) is 5.82 Å². The second-order valence-electron chi connectivity index (χ2n) is 7.26. The molecule has 0 saturated carbocycles. The second-order valence-corrected chi connectivity index (χ2v) is 7.26. The van der Waals surface area contributed by atoms with E-state index in [1.165, 1.54) is 0 Å². The molecule has 1 N–H and O–H groups in total. The van der Waals surface area contributed by atoms with E-state index in [0.717, 1.165) is 51.3 Å². The van der Waals surface area contributed by atoms with Crippen molar-refractivity contribution in [3.8, 4) is 0 Å². The summed E-state index contributed by atoms with van der Waals surface area (Å²) in [5.74, 6) is 1.36. The monoisotopic (exact) mass is 368 g/mol. The largest absolute Gasteiger partial charge is 0.369 e. The van der Waals surface area contributed by atoms with Crippen molar-refractivity contribution in [2.75, 3.05) is 44.6 Å². The van der Waals surface area contributed by atoms with Gasteiger partial charge in [-0.25, -0.2) is 4.98 Å². The van der Waals surface area contributed by atoms with Gasteiger partial charge in [-0.05, 0) is 30.0 Å². The van der Waals surface area contributed by atoms with Crippen molar-refractivity contribution in [3.05, 3.63) is 60.9 Å². The molecule has 1 saturated heterocycles. The van der Waals surface area contributed by atoms with Crippen molar-refractivity contribution in [1.82, 2.24) is 14.8 Å². The predicted molar refractivity (Wildman–Crippen MR) is 113 cm³/mol. The number of carbonyl (C=O) groups excluding carboxylic acids is 1. The molecular weight excluding hydrogens is 336 g/mol. The van der Waals surface area contributed by atoms with Crippen LogP contribution in [0.1, 0.15) is 30.6 Å². The number of nitrogens with one attached hydrogen (secondary N) is 1. The van der Waals surface area contributed by atoms with Gasteiger partial charge in [-0.3, -0.25) is 9.69 Å². The highest BCUT2D eigenvalue weighted by molar-refractivity contribution is 5.98. The number of hydrogen-bond acceptors (Lipinski definition) is 4. The van der Waals surface area contributed by atoms with Gasteiger partial charge in [-0.2, -0.15) is 0 Å². The van der Waals surface area contributed by atoms with E-state index in [1.807, 2.05) is 29.2 Å². The van der Waals surface area contributed by atoms with Gasteiger partial charge in [-0.15, -0.1) is 0 Å². The fourth-order valence-corrected chi connectivity index (χ4v) is 3.07. The number of carbonyl (C=O) groups is 1. The molecule has 0 spiro atoms. The number of hydrogen-bond donors (Lipinski definition) is 1. The van der Waals surface area contributed by atoms with E-state index in [-0.39, 0.29) is 5.91 Å². The van der Waals surface area contributed by atoms with Gasteiger partial charge in [0.1, 0.15) is 5.82 Å². The zero-order chi connectivity index (χ0) is 19.6. The quantitative estimate of drug-likeness (QED) is 0.677. The van der Waals surface area contributed by atoms with Gasteiger partial charge < -0.3 is 10.2 Å². The summed E-state index contributed by atoms with van der Waals surface area (Å²) in [4.78, 5) is 21.6. The maximum atomic E-state index is 13.0. The van der Waals surface area contributed by atoms with Crippen LogP contribution in [0.15, 0.2) is 55.3 Å². The van der Waals surface area contributed by atoms with Crippen LogP contribution in [0.2, 0.25) is 0 Å². The molecule has 0 radical (unpaired) electrons. The average molecular weight is 369 g/mol. The van der Waals surface area contributed by atoms with Crippen LogP contribution < -0.4 is 5.32 Å². The third-order valence-corrected chi connectivity index (χ3v) is 4.71. The van der Waals surface area contributed by atoms with Crippen molar-refractivity contribution in [1.29, 1.82) is 0 Å². The van der Waals surface area contributed by atoms with Gasteiger partial charge in [0.25, 0.3) is 5.91 Å². The van der Waals surface area contributed by atoms with Gasteiger partial charge in [0.05, 0.1) is 5.56 Å². The molecule has 5 heteroatoms. The maximum Gasteiger partial charge on any atom is 0.257 e. The maximum absolute atomic E-state index is 13.0. The molecular formula is C22H32N4O. The lowest BCUT2D eigenvalue weighted by Gasteiger charge is -2.35. The lowest BCUT2D eigenvalue weighted by Crippen LogP contribution is -2.49. The molecule has 0 aromatic carbocycles. The van der Waals surface area contributed by atoms with E-state index in [0.29, 0.717) is 17.3 Å². The third-order valence-electron chi connectivity index (χ3n) is 4.71. The van der Waals surface area contributed by atoms with E-state index in [9.17, 15) is 4.79 Å². The molecule has 0 atom stereocenters. The zero-order valence-corrected chi connectivity index (χ0v) is 16.7. The van der Waals surface area contributed by atoms with Crippen molar-refractivity contribution in [2.45, 2.75) is 20.3 Å². The summed E-state index contributed by atoms with van der Waals surface area (Å²) in [6.45, 7) is 16.8. The number of pyridine rings is 1. The minimum absolute atomic E-state index is 0.0559. The molecule has 0 unspecified atom stereocenters. The summed E-state index contributed by atoms with van der Waals surface area (Å²) in [5, 5.41) is 3.32. The van der Waals surface area contributed by atoms with Gasteiger partial charge >= 0.3 is 0 Å². The van der Waals surface area contributed by atoms with Crippen LogP contribution >= 0.6 is 0 Å². The van der Waals surface area contributed by atoms with Gasteiger partial charge in [0, 0.05) is 45.5 Å². The number of piperazine rings is 1. The van der Waals surface area contributed by atoms with Crippen LogP contribution in [0.5, 0.6) is 0 Å². The van der Waals surface area contributed by atoms with Crippen LogP contribution in [0.25, 0.3) is 0 Å². The zero-order valence-electron chi connectivity index (χ0n) is 16.7. The number of nitrogens with zero attached hydrogens (tertiary/aromatic N) is 3. The Morgan fingerprint density at radius 3 is 2.67 bits per heavy atom. The standard InChI is InChI=1S/C22H32N4O/c1-5-8-19(6-2)17-25-13-15-26(16-14-25)22(27)20-9-7-11-23-21(20)24-12-10-18(3)4/h5-9,11,18H,1-2,10,12-17H2,3-4H3,(H,23,24)/b19-8+. The molecule has 27 heavy (non-hydrogen) atoms. The van der Waals surface area contributed by atoms with Crippen LogP contribution in [0.3, 0.4) is 0 Å². The first-order valence-corrected chi connectivity index (χ1v) is 9.69. The second kappa shape index (κ2) is 10.7. The van der Waals surface area contributed by atoms with Crippen molar-refractivity contribution in [3.63, 3.8) is 0 Å². The number of amides is 1. The Hall–Kier alpha value is -2.40. The average Bonchev–Trinajstić information content (AvgIpc) is 2.68. The highest BCUT2D eigenvalue weighted by Crippen LogP contribution is 2.17. The predicted octanol–water partition coefficient (Wildman–Crippen LogP) is 3.60. The van der Waals surface area contributed by atoms with Gasteiger partial charge in [0.15, 0.2) is 0 Å². The van der Waals surface area contributed by atoms with E-state index in [2.05, 4.69) is 42.2 Å². The van der Waals surface area contributed by atoms with E-state index < -0.39 is 0 Å². The molecule has 1 aliphatic heterocycles. The fraction of sp³-hybridized carbons (Fsp3) is 0.455. The summed E-state index contributed by atoms with van der Waals surface area (Å²) in [6, 6.07) is 3.69. The van der Waals surface area contributed by atoms with Gasteiger partial charge in [-0.1, -0.05) is 45.2 Å². The Morgan fingerprint density at radius 2 is 2.04 bits per heavy atom. The number of allylic oxidation sites excluding steroid dienone is 2. The molecule has 1 aromatic heterocycles. The first kappa shape index (κ1) is 20.9. The highest BCUT2D eigenvalue weighted by Gasteiger charge is 2.24. The smallest absolute Gasteiger partial charge is 0.257 e. The normalized spacial score (nSPS) is 15.7. The molecule has 0 aliphatic carbocycles. The Kier molecular flexibility index (Phi) is 8.27. The third kappa shape index (κ3) is 6.36. The molecule has 1 aliphatic rings. The summed E-state index contributed by atoms with van der Waals surface area (Å²) >= 11 is 0. The molecule has 1 aromatic rings. The van der Waals surface area contributed by atoms with Crippen molar-refractivity contribution < 1.29 is 4.79 Å². The first-order chi connectivity index (χ1) is 13.0. The molecule has 146 valence electrons. The van der Waals surface area contributed by atoms with Crippen LogP contribution in [-0.4, -0.2) is 60.0 Å². The highest BCUT2D eigenvalue weighted by atomic mass is 16.2. The van der Waals surface area contributed by atoms with Crippen molar-refractivity contribution in [2.24, 2.45) is 5.92 Å². The number of rotatable bonds is 9. The van der Waals surface area contributed by atoms with E-state index in [1.54, 1.807) is 12.3 Å². The lowest BCUT2D eigenvalue weighted by molar-refractivity contribution is 0.0649. The van der Waals surface area contributed by atoms with Gasteiger partial charge in [0.2, 0.25) is 0 Å². The fourth-order valence-electron chi connectivity index (χ4n) is 3.07. The first-order valence-electron chi connectivity index (χ1n) is 9.69. The summed E-state index contributed by atoms with van der Waals surface area (Å²) in [6.07, 6.45) is 8.41. The SMILES string of the molecule is C=C/C=C(\C=C)CN1CCN(C(=O)c2cccnc2NCCC(C)C)CC1. The molecule has 2 rings (SSSR count). The van der Waals surface area contributed by atoms with Crippen molar-refractivity contribution >= 4 is 11.7 Å². The summed E-state index contributed by atoms with van der Waals surface area (Å²) in [7, 11) is 0. The van der Waals surface area contributed by atoms with E-state index in [4.69, 9.17) is 0 Å². The number of aromatic nitrogens is 1. The Bertz CT molecular complexity index is 673. The number of anilines is 1. The van der Waals surface area contributed by atoms with Crippen LogP contribution in [-0.2, 0) is 0 Å². The molecule has 2 heterocycles. The molecule has 5 nitrogen and oxygen atoms in total. The summed E-state index contributed by atoms with van der Waals surface area (Å²) < 4.78 is 0. The summed E-state index contributed by atoms with van der Waals surface area (Å²) in [5.41, 5.74) is 1.81. The topological polar surface area (TPSA) is 48.5 Å². The van der Waals surface area contributed by atoms with Crippen LogP contribution in [0, 0.1) is 5.92 Å².